The molecule has 5 heteroatoms. The minimum absolute atomic E-state index is 0.189. The number of likely N-dealkylation sites (tertiary alicyclic amines) is 1. The van der Waals surface area contributed by atoms with Crippen LogP contribution in [-0.4, -0.2) is 43.6 Å². The van der Waals surface area contributed by atoms with Gasteiger partial charge in [-0.3, -0.25) is 4.79 Å². The number of hydrogen-bond acceptors (Lipinski definition) is 3. The molecule has 1 N–H and O–H groups in total. The molecule has 0 spiro atoms. The van der Waals surface area contributed by atoms with E-state index in [0.29, 0.717) is 24.8 Å². The highest BCUT2D eigenvalue weighted by atomic mass is 19.1. The third-order valence-corrected chi connectivity index (χ3v) is 4.84. The number of fused-ring (bicyclic) bond motifs is 1. The minimum Gasteiger partial charge on any atom is -0.494 e. The monoisotopic (exact) mass is 306 g/mol. The van der Waals surface area contributed by atoms with Crippen LogP contribution in [0.15, 0.2) is 18.2 Å². The van der Waals surface area contributed by atoms with Crippen LogP contribution in [0.3, 0.4) is 0 Å². The van der Waals surface area contributed by atoms with Crippen molar-refractivity contribution in [2.45, 2.75) is 31.7 Å². The second kappa shape index (κ2) is 6.65. The van der Waals surface area contributed by atoms with E-state index in [-0.39, 0.29) is 17.5 Å². The molecular formula is C17H23FN2O2. The van der Waals surface area contributed by atoms with E-state index in [4.69, 9.17) is 4.74 Å². The van der Waals surface area contributed by atoms with Crippen molar-refractivity contribution >= 4 is 5.91 Å². The predicted octanol–water partition coefficient (Wildman–Crippen LogP) is 1.98. The fraction of sp³-hybridized carbons (Fsp3) is 0.588. The van der Waals surface area contributed by atoms with Crippen LogP contribution in [0.1, 0.15) is 24.8 Å². The van der Waals surface area contributed by atoms with E-state index in [9.17, 15) is 9.18 Å². The maximum atomic E-state index is 13.7. The summed E-state index contributed by atoms with van der Waals surface area (Å²) in [4.78, 5) is 14.5. The van der Waals surface area contributed by atoms with E-state index >= 15 is 0 Å². The summed E-state index contributed by atoms with van der Waals surface area (Å²) in [5.74, 6) is 0.669. The molecule has 2 saturated heterocycles. The first kappa shape index (κ1) is 15.3. The molecule has 1 amide bonds. The molecule has 120 valence electrons. The Kier molecular flexibility index (Phi) is 4.62. The Hall–Kier alpha value is -1.62. The lowest BCUT2D eigenvalue weighted by molar-refractivity contribution is -0.135. The Morgan fingerprint density at radius 3 is 3.09 bits per heavy atom. The number of amides is 1. The summed E-state index contributed by atoms with van der Waals surface area (Å²) in [5.41, 5.74) is 0.838. The highest BCUT2D eigenvalue weighted by Crippen LogP contribution is 2.27. The fourth-order valence-corrected chi connectivity index (χ4v) is 3.64. The molecule has 0 unspecified atom stereocenters. The number of nitrogens with zero attached hydrogens (tertiary/aromatic N) is 1. The summed E-state index contributed by atoms with van der Waals surface area (Å²) in [6.07, 6.45) is 3.31. The average Bonchev–Trinajstić information content (AvgIpc) is 3.01. The summed E-state index contributed by atoms with van der Waals surface area (Å²) in [6.45, 7) is 2.80. The summed E-state index contributed by atoms with van der Waals surface area (Å²) < 4.78 is 18.6. The van der Waals surface area contributed by atoms with Gasteiger partial charge in [-0.2, -0.15) is 0 Å². The van der Waals surface area contributed by atoms with Crippen molar-refractivity contribution in [3.63, 3.8) is 0 Å². The normalized spacial score (nSPS) is 24.2. The number of nitrogens with one attached hydrogen (secondary N) is 1. The zero-order chi connectivity index (χ0) is 15.5. The van der Waals surface area contributed by atoms with E-state index in [2.05, 4.69) is 5.32 Å². The maximum Gasteiger partial charge on any atom is 0.223 e. The van der Waals surface area contributed by atoms with Crippen LogP contribution in [-0.2, 0) is 11.2 Å². The Morgan fingerprint density at radius 2 is 2.32 bits per heavy atom. The van der Waals surface area contributed by atoms with Gasteiger partial charge in [0.1, 0.15) is 0 Å². The maximum absolute atomic E-state index is 13.7. The molecule has 3 rings (SSSR count). The van der Waals surface area contributed by atoms with Crippen molar-refractivity contribution in [2.75, 3.05) is 26.7 Å². The smallest absolute Gasteiger partial charge is 0.223 e. The summed E-state index contributed by atoms with van der Waals surface area (Å²) in [5, 5.41) is 3.39. The van der Waals surface area contributed by atoms with E-state index < -0.39 is 0 Å². The number of piperidine rings is 1. The molecular weight excluding hydrogens is 283 g/mol. The summed E-state index contributed by atoms with van der Waals surface area (Å²) >= 11 is 0. The Labute approximate surface area is 130 Å². The van der Waals surface area contributed by atoms with Crippen LogP contribution in [0.4, 0.5) is 4.39 Å². The topological polar surface area (TPSA) is 41.6 Å². The molecule has 0 saturated carbocycles. The van der Waals surface area contributed by atoms with Crippen molar-refractivity contribution in [2.24, 2.45) is 5.92 Å². The van der Waals surface area contributed by atoms with Gasteiger partial charge in [0, 0.05) is 32.1 Å². The molecule has 0 aliphatic carbocycles. The van der Waals surface area contributed by atoms with Crippen LogP contribution in [0.5, 0.6) is 5.75 Å². The lowest BCUT2D eigenvalue weighted by Gasteiger charge is -2.37. The predicted molar refractivity (Wildman–Crippen MR) is 82.4 cm³/mol. The fourth-order valence-electron chi connectivity index (χ4n) is 3.64. The third-order valence-electron chi connectivity index (χ3n) is 4.84. The zero-order valence-electron chi connectivity index (χ0n) is 13.0. The van der Waals surface area contributed by atoms with E-state index in [1.807, 2.05) is 11.0 Å². The van der Waals surface area contributed by atoms with Gasteiger partial charge in [-0.1, -0.05) is 6.07 Å². The summed E-state index contributed by atoms with van der Waals surface area (Å²) in [7, 11) is 1.45. The Morgan fingerprint density at radius 1 is 1.45 bits per heavy atom. The van der Waals surface area contributed by atoms with Crippen LogP contribution < -0.4 is 10.1 Å². The highest BCUT2D eigenvalue weighted by Gasteiger charge is 2.36. The molecule has 1 aromatic rings. The number of carbonyl (C=O) groups is 1. The lowest BCUT2D eigenvalue weighted by Crippen LogP contribution is -2.48. The van der Waals surface area contributed by atoms with E-state index in [1.165, 1.54) is 19.6 Å². The van der Waals surface area contributed by atoms with Gasteiger partial charge in [-0.15, -0.1) is 0 Å². The lowest BCUT2D eigenvalue weighted by atomic mass is 9.91. The molecule has 2 aliphatic rings. The molecule has 0 bridgehead atoms. The standard InChI is InChI=1S/C17H23FN2O2/c1-22-16-6-4-12(9-14(16)18)5-7-17(21)20-8-2-3-13-10-19-11-15(13)20/h4,6,9,13,15,19H,2-3,5,7-8,10-11H2,1H3/t13-,15+/m0/s1. The SMILES string of the molecule is COc1ccc(CCC(=O)N2CCC[C@H]3CNC[C@H]32)cc1F. The van der Waals surface area contributed by atoms with Gasteiger partial charge in [0.25, 0.3) is 0 Å². The number of ether oxygens (including phenoxy) is 1. The molecule has 2 aliphatic heterocycles. The van der Waals surface area contributed by atoms with Crippen LogP contribution in [0.25, 0.3) is 0 Å². The van der Waals surface area contributed by atoms with Gasteiger partial charge in [0.15, 0.2) is 11.6 Å². The van der Waals surface area contributed by atoms with Crippen molar-refractivity contribution in [1.82, 2.24) is 10.2 Å². The Balaban J connectivity index is 1.59. The van der Waals surface area contributed by atoms with Gasteiger partial charge in [-0.05, 0) is 42.9 Å². The minimum atomic E-state index is -0.370. The number of hydrogen-bond donors (Lipinski definition) is 1. The van der Waals surface area contributed by atoms with Crippen molar-refractivity contribution in [3.05, 3.63) is 29.6 Å². The molecule has 0 aromatic heterocycles. The number of rotatable bonds is 4. The van der Waals surface area contributed by atoms with Crippen molar-refractivity contribution < 1.29 is 13.9 Å². The quantitative estimate of drug-likeness (QED) is 0.925. The van der Waals surface area contributed by atoms with Gasteiger partial charge in [-0.25, -0.2) is 4.39 Å². The second-order valence-electron chi connectivity index (χ2n) is 6.18. The number of benzene rings is 1. The van der Waals surface area contributed by atoms with Gasteiger partial charge < -0.3 is 15.0 Å². The third kappa shape index (κ3) is 3.09. The van der Waals surface area contributed by atoms with Crippen molar-refractivity contribution in [3.8, 4) is 5.75 Å². The zero-order valence-corrected chi connectivity index (χ0v) is 13.0. The molecule has 0 radical (unpaired) electrons. The molecule has 1 aromatic carbocycles. The first-order chi connectivity index (χ1) is 10.7. The second-order valence-corrected chi connectivity index (χ2v) is 6.18. The number of halogens is 1. The molecule has 4 nitrogen and oxygen atoms in total. The highest BCUT2D eigenvalue weighted by molar-refractivity contribution is 5.77. The van der Waals surface area contributed by atoms with Gasteiger partial charge in [0.2, 0.25) is 5.91 Å². The van der Waals surface area contributed by atoms with Gasteiger partial charge >= 0.3 is 0 Å². The van der Waals surface area contributed by atoms with Gasteiger partial charge in [0.05, 0.1) is 7.11 Å². The number of methoxy groups -OCH3 is 1. The number of aryl methyl sites for hydroxylation is 1. The number of carbonyl (C=O) groups excluding carboxylic acids is 1. The average molecular weight is 306 g/mol. The molecule has 2 heterocycles. The largest absolute Gasteiger partial charge is 0.494 e. The van der Waals surface area contributed by atoms with E-state index in [1.54, 1.807) is 6.07 Å². The van der Waals surface area contributed by atoms with Crippen LogP contribution in [0.2, 0.25) is 0 Å². The van der Waals surface area contributed by atoms with E-state index in [0.717, 1.165) is 31.6 Å². The molecule has 2 fully saturated rings. The summed E-state index contributed by atoms with van der Waals surface area (Å²) in [6, 6.07) is 5.26. The Bertz CT molecular complexity index is 549. The molecule has 22 heavy (non-hydrogen) atoms. The van der Waals surface area contributed by atoms with Crippen LogP contribution >= 0.6 is 0 Å². The first-order valence-electron chi connectivity index (χ1n) is 8.01. The van der Waals surface area contributed by atoms with Crippen molar-refractivity contribution in [1.29, 1.82) is 0 Å². The van der Waals surface area contributed by atoms with Crippen LogP contribution in [0, 0.1) is 11.7 Å². The molecule has 2 atom stereocenters. The first-order valence-corrected chi connectivity index (χ1v) is 8.01.